The van der Waals surface area contributed by atoms with Crippen molar-refractivity contribution < 1.29 is 14.3 Å². The van der Waals surface area contributed by atoms with Crippen LogP contribution in [0.2, 0.25) is 0 Å². The highest BCUT2D eigenvalue weighted by Crippen LogP contribution is 2.06. The summed E-state index contributed by atoms with van der Waals surface area (Å²) in [7, 11) is 3.10. The van der Waals surface area contributed by atoms with Gasteiger partial charge in [0.05, 0.1) is 7.11 Å². The maximum Gasteiger partial charge on any atom is 0.333 e. The summed E-state index contributed by atoms with van der Waals surface area (Å²) in [6.45, 7) is 3.59. The number of hydrogen-bond acceptors (Lipinski definition) is 3. The molecule has 0 N–H and O–H groups in total. The van der Waals surface area contributed by atoms with Gasteiger partial charge in [-0.25, -0.2) is 9.59 Å². The third kappa shape index (κ3) is 2.71. The molecular weight excluding hydrogens is 196 g/mol. The molecule has 0 atom stereocenters. The zero-order valence-electron chi connectivity index (χ0n) is 9.32. The highest BCUT2D eigenvalue weighted by atomic mass is 16.5. The Morgan fingerprint density at radius 2 is 2.20 bits per heavy atom. The molecule has 1 rings (SSSR count). The van der Waals surface area contributed by atoms with Crippen LogP contribution in [0.15, 0.2) is 11.6 Å². The first kappa shape index (κ1) is 11.6. The van der Waals surface area contributed by atoms with E-state index in [2.05, 4.69) is 4.74 Å². The Morgan fingerprint density at radius 1 is 1.53 bits per heavy atom. The zero-order valence-corrected chi connectivity index (χ0v) is 9.32. The van der Waals surface area contributed by atoms with Crippen LogP contribution in [0.4, 0.5) is 4.79 Å². The van der Waals surface area contributed by atoms with E-state index in [4.69, 9.17) is 0 Å². The summed E-state index contributed by atoms with van der Waals surface area (Å²) in [5.41, 5.74) is 0.528. The monoisotopic (exact) mass is 212 g/mol. The number of nitrogens with zero attached hydrogens (tertiary/aromatic N) is 2. The summed E-state index contributed by atoms with van der Waals surface area (Å²) in [5, 5.41) is 0. The second-order valence-electron chi connectivity index (χ2n) is 3.53. The number of esters is 1. The Balaban J connectivity index is 2.50. The minimum absolute atomic E-state index is 0.00363. The van der Waals surface area contributed by atoms with E-state index in [9.17, 15) is 9.59 Å². The maximum atomic E-state index is 11.5. The molecule has 1 aliphatic heterocycles. The van der Waals surface area contributed by atoms with Gasteiger partial charge in [0.1, 0.15) is 0 Å². The summed E-state index contributed by atoms with van der Waals surface area (Å²) in [6.07, 6.45) is 1.71. The summed E-state index contributed by atoms with van der Waals surface area (Å²) in [5.74, 6) is -0.352. The van der Waals surface area contributed by atoms with Crippen LogP contribution in [-0.2, 0) is 9.53 Å². The van der Waals surface area contributed by atoms with Gasteiger partial charge in [0.2, 0.25) is 0 Å². The van der Waals surface area contributed by atoms with Gasteiger partial charge < -0.3 is 14.5 Å². The second kappa shape index (κ2) is 4.82. The maximum absolute atomic E-state index is 11.5. The molecule has 0 aromatic carbocycles. The Labute approximate surface area is 89.3 Å². The van der Waals surface area contributed by atoms with Crippen molar-refractivity contribution in [3.8, 4) is 0 Å². The summed E-state index contributed by atoms with van der Waals surface area (Å²) < 4.78 is 4.55. The Kier molecular flexibility index (Phi) is 3.71. The lowest BCUT2D eigenvalue weighted by Crippen LogP contribution is -2.29. The standard InChI is InChI=1S/C10H16N2O3/c1-8(9(13)15-3)4-5-12-7-6-11(2)10(12)14/h4H,5-7H2,1-3H3. The van der Waals surface area contributed by atoms with Gasteiger partial charge >= 0.3 is 12.0 Å². The van der Waals surface area contributed by atoms with Gasteiger partial charge in [0.25, 0.3) is 0 Å². The van der Waals surface area contributed by atoms with Crippen LogP contribution >= 0.6 is 0 Å². The molecule has 15 heavy (non-hydrogen) atoms. The van der Waals surface area contributed by atoms with E-state index in [0.29, 0.717) is 18.7 Å². The average molecular weight is 212 g/mol. The molecule has 0 radical (unpaired) electrons. The number of rotatable bonds is 3. The SMILES string of the molecule is COC(=O)C(C)=CCN1CCN(C)C1=O. The topological polar surface area (TPSA) is 49.9 Å². The van der Waals surface area contributed by atoms with Gasteiger partial charge in [-0.05, 0) is 6.92 Å². The lowest BCUT2D eigenvalue weighted by atomic mass is 10.3. The normalized spacial score (nSPS) is 17.3. The fraction of sp³-hybridized carbons (Fsp3) is 0.600. The number of urea groups is 1. The molecule has 0 spiro atoms. The van der Waals surface area contributed by atoms with Crippen LogP contribution < -0.4 is 0 Å². The molecule has 0 aromatic rings. The minimum atomic E-state index is -0.352. The van der Waals surface area contributed by atoms with Gasteiger partial charge in [-0.3, -0.25) is 0 Å². The molecule has 1 fully saturated rings. The van der Waals surface area contributed by atoms with Gasteiger partial charge in [-0.1, -0.05) is 6.08 Å². The zero-order chi connectivity index (χ0) is 11.4. The summed E-state index contributed by atoms with van der Waals surface area (Å²) >= 11 is 0. The van der Waals surface area contributed by atoms with E-state index in [0.717, 1.165) is 6.54 Å². The highest BCUT2D eigenvalue weighted by Gasteiger charge is 2.24. The van der Waals surface area contributed by atoms with Crippen molar-refractivity contribution in [2.75, 3.05) is 33.8 Å². The largest absolute Gasteiger partial charge is 0.466 e. The Bertz CT molecular complexity index is 299. The molecule has 84 valence electrons. The predicted molar refractivity (Wildman–Crippen MR) is 55.4 cm³/mol. The Morgan fingerprint density at radius 3 is 2.67 bits per heavy atom. The van der Waals surface area contributed by atoms with Crippen LogP contribution in [0.3, 0.4) is 0 Å². The summed E-state index contributed by atoms with van der Waals surface area (Å²) in [6, 6.07) is 0.00363. The first-order chi connectivity index (χ1) is 7.06. The van der Waals surface area contributed by atoms with E-state index < -0.39 is 0 Å². The van der Waals surface area contributed by atoms with Crippen molar-refractivity contribution in [2.24, 2.45) is 0 Å². The lowest BCUT2D eigenvalue weighted by Gasteiger charge is -2.13. The molecule has 0 aromatic heterocycles. The molecule has 0 saturated carbocycles. The van der Waals surface area contributed by atoms with E-state index in [1.165, 1.54) is 7.11 Å². The van der Waals surface area contributed by atoms with Crippen LogP contribution in [0, 0.1) is 0 Å². The minimum Gasteiger partial charge on any atom is -0.466 e. The third-order valence-electron chi connectivity index (χ3n) is 2.43. The highest BCUT2D eigenvalue weighted by molar-refractivity contribution is 5.87. The van der Waals surface area contributed by atoms with E-state index in [1.807, 2.05) is 0 Å². The molecule has 0 aliphatic carbocycles. The number of carbonyl (C=O) groups excluding carboxylic acids is 2. The van der Waals surface area contributed by atoms with Crippen molar-refractivity contribution in [3.05, 3.63) is 11.6 Å². The van der Waals surface area contributed by atoms with Gasteiger partial charge in [-0.15, -0.1) is 0 Å². The quantitative estimate of drug-likeness (QED) is 0.505. The number of likely N-dealkylation sites (N-methyl/N-ethyl adjacent to an activating group) is 1. The molecule has 1 heterocycles. The van der Waals surface area contributed by atoms with Crippen LogP contribution in [0.25, 0.3) is 0 Å². The Hall–Kier alpha value is -1.52. The van der Waals surface area contributed by atoms with Crippen molar-refractivity contribution >= 4 is 12.0 Å². The molecule has 1 saturated heterocycles. The molecule has 2 amide bonds. The number of amides is 2. The van der Waals surface area contributed by atoms with E-state index in [-0.39, 0.29) is 12.0 Å². The number of ether oxygens (including phenoxy) is 1. The average Bonchev–Trinajstić information content (AvgIpc) is 2.55. The smallest absolute Gasteiger partial charge is 0.333 e. The molecule has 5 nitrogen and oxygen atoms in total. The van der Waals surface area contributed by atoms with E-state index in [1.54, 1.807) is 29.8 Å². The predicted octanol–water partition coefficient (Wildman–Crippen LogP) is 0.473. The first-order valence-corrected chi connectivity index (χ1v) is 4.81. The van der Waals surface area contributed by atoms with Crippen molar-refractivity contribution in [1.82, 2.24) is 9.80 Å². The van der Waals surface area contributed by atoms with Crippen LogP contribution in [0.5, 0.6) is 0 Å². The number of methoxy groups -OCH3 is 1. The van der Waals surface area contributed by atoms with Gasteiger partial charge in [0.15, 0.2) is 0 Å². The van der Waals surface area contributed by atoms with E-state index >= 15 is 0 Å². The molecule has 0 unspecified atom stereocenters. The number of carbonyl (C=O) groups is 2. The van der Waals surface area contributed by atoms with Crippen molar-refractivity contribution in [1.29, 1.82) is 0 Å². The molecule has 0 bridgehead atoms. The summed E-state index contributed by atoms with van der Waals surface area (Å²) in [4.78, 5) is 25.9. The lowest BCUT2D eigenvalue weighted by molar-refractivity contribution is -0.136. The van der Waals surface area contributed by atoms with Crippen molar-refractivity contribution in [3.63, 3.8) is 0 Å². The van der Waals surface area contributed by atoms with Gasteiger partial charge in [-0.2, -0.15) is 0 Å². The third-order valence-corrected chi connectivity index (χ3v) is 2.43. The second-order valence-corrected chi connectivity index (χ2v) is 3.53. The molecule has 5 heteroatoms. The molecule has 1 aliphatic rings. The first-order valence-electron chi connectivity index (χ1n) is 4.81. The van der Waals surface area contributed by atoms with Gasteiger partial charge in [0, 0.05) is 32.3 Å². The molecular formula is C10H16N2O3. The fourth-order valence-corrected chi connectivity index (χ4v) is 1.36. The van der Waals surface area contributed by atoms with Crippen LogP contribution in [-0.4, -0.2) is 55.6 Å². The number of hydrogen-bond donors (Lipinski definition) is 0. The van der Waals surface area contributed by atoms with Crippen molar-refractivity contribution in [2.45, 2.75) is 6.92 Å². The fourth-order valence-electron chi connectivity index (χ4n) is 1.36. The van der Waals surface area contributed by atoms with Crippen LogP contribution in [0.1, 0.15) is 6.92 Å².